The van der Waals surface area contributed by atoms with Crippen molar-refractivity contribution < 1.29 is 13.2 Å². The summed E-state index contributed by atoms with van der Waals surface area (Å²) in [5.41, 5.74) is -1.10. The minimum Gasteiger partial charge on any atom is -0.260 e. The van der Waals surface area contributed by atoms with Crippen molar-refractivity contribution in [1.82, 2.24) is 0 Å². The van der Waals surface area contributed by atoms with Gasteiger partial charge in [0.25, 0.3) is 0 Å². The molecule has 0 N–H and O–H groups in total. The summed E-state index contributed by atoms with van der Waals surface area (Å²) in [4.78, 5) is 4.05. The third-order valence-electron chi connectivity index (χ3n) is 3.80. The van der Waals surface area contributed by atoms with Crippen molar-refractivity contribution in [3.05, 3.63) is 63.1 Å². The molecule has 0 fully saturated rings. The zero-order valence-corrected chi connectivity index (χ0v) is 13.5. The SMILES string of the molecule is FC(F)(F)[C@]1(c2ccccc2Cl)C=Nc2ccc(Br)cc2C1. The average Bonchev–Trinajstić information content (AvgIpc) is 2.45. The zero-order chi connectivity index (χ0) is 16.0. The van der Waals surface area contributed by atoms with Crippen LogP contribution in [0, 0.1) is 0 Å². The molecule has 1 aliphatic rings. The van der Waals surface area contributed by atoms with Crippen LogP contribution in [0.2, 0.25) is 5.02 Å². The number of hydrogen-bond acceptors (Lipinski definition) is 1. The fraction of sp³-hybridized carbons (Fsp3) is 0.188. The molecule has 0 aliphatic carbocycles. The van der Waals surface area contributed by atoms with Crippen LogP contribution in [0.15, 0.2) is 51.9 Å². The number of benzene rings is 2. The maximum absolute atomic E-state index is 13.9. The number of halogens is 5. The number of alkyl halides is 3. The Balaban J connectivity index is 2.22. The van der Waals surface area contributed by atoms with Gasteiger partial charge in [0.05, 0.1) is 5.69 Å². The van der Waals surface area contributed by atoms with Crippen LogP contribution in [0.3, 0.4) is 0 Å². The molecule has 2 aromatic carbocycles. The standard InChI is InChI=1S/C16H10BrClF3N/c17-11-5-6-14-10(7-11)8-15(9-22-14,16(19,20)21)12-3-1-2-4-13(12)18/h1-7,9H,8H2/t15-/m0/s1. The Hall–Kier alpha value is -1.33. The summed E-state index contributed by atoms with van der Waals surface area (Å²) in [5, 5.41) is 0.0877. The van der Waals surface area contributed by atoms with Crippen LogP contribution in [0.5, 0.6) is 0 Å². The highest BCUT2D eigenvalue weighted by atomic mass is 79.9. The highest BCUT2D eigenvalue weighted by Crippen LogP contribution is 2.48. The quantitative estimate of drug-likeness (QED) is 0.580. The maximum atomic E-state index is 13.9. The number of hydrogen-bond donors (Lipinski definition) is 0. The molecule has 0 saturated carbocycles. The third-order valence-corrected chi connectivity index (χ3v) is 4.62. The number of fused-ring (bicyclic) bond motifs is 1. The molecule has 0 spiro atoms. The molecule has 0 saturated heterocycles. The Morgan fingerprint density at radius 2 is 1.86 bits per heavy atom. The van der Waals surface area contributed by atoms with E-state index in [1.165, 1.54) is 12.1 Å². The first-order valence-electron chi connectivity index (χ1n) is 6.49. The Bertz CT molecular complexity index is 757. The summed E-state index contributed by atoms with van der Waals surface area (Å²) in [7, 11) is 0. The molecular formula is C16H10BrClF3N. The molecule has 1 atom stereocenters. The molecule has 0 bridgehead atoms. The lowest BCUT2D eigenvalue weighted by atomic mass is 9.74. The zero-order valence-electron chi connectivity index (χ0n) is 11.2. The predicted octanol–water partition coefficient (Wildman–Crippen LogP) is 5.86. The Morgan fingerprint density at radius 1 is 1.14 bits per heavy atom. The minimum atomic E-state index is -4.50. The van der Waals surface area contributed by atoms with Crippen molar-refractivity contribution in [1.29, 1.82) is 0 Å². The first kappa shape index (κ1) is 15.6. The van der Waals surface area contributed by atoms with Crippen LogP contribution in [0.1, 0.15) is 11.1 Å². The number of aliphatic imine (C=N–C) groups is 1. The molecule has 0 radical (unpaired) electrons. The number of nitrogens with zero attached hydrogens (tertiary/aromatic N) is 1. The van der Waals surface area contributed by atoms with E-state index in [4.69, 9.17) is 11.6 Å². The Kier molecular flexibility index (Phi) is 3.81. The van der Waals surface area contributed by atoms with Gasteiger partial charge < -0.3 is 0 Å². The van der Waals surface area contributed by atoms with E-state index in [1.54, 1.807) is 30.3 Å². The van der Waals surface area contributed by atoms with Crippen LogP contribution in [0.25, 0.3) is 0 Å². The highest BCUT2D eigenvalue weighted by Gasteiger charge is 2.56. The Labute approximate surface area is 139 Å². The van der Waals surface area contributed by atoms with Gasteiger partial charge in [0.15, 0.2) is 0 Å². The lowest BCUT2D eigenvalue weighted by molar-refractivity contribution is -0.168. The molecule has 6 heteroatoms. The molecule has 2 aromatic rings. The van der Waals surface area contributed by atoms with Crippen LogP contribution < -0.4 is 0 Å². The molecule has 1 nitrogen and oxygen atoms in total. The average molecular weight is 389 g/mol. The summed E-state index contributed by atoms with van der Waals surface area (Å²) in [5.74, 6) is 0. The maximum Gasteiger partial charge on any atom is 0.403 e. The lowest BCUT2D eigenvalue weighted by Gasteiger charge is -2.36. The highest BCUT2D eigenvalue weighted by molar-refractivity contribution is 9.10. The van der Waals surface area contributed by atoms with Crippen molar-refractivity contribution in [2.45, 2.75) is 18.0 Å². The largest absolute Gasteiger partial charge is 0.403 e. The van der Waals surface area contributed by atoms with Gasteiger partial charge in [-0.05, 0) is 41.8 Å². The lowest BCUT2D eigenvalue weighted by Crippen LogP contribution is -2.47. The molecule has 22 heavy (non-hydrogen) atoms. The van der Waals surface area contributed by atoms with E-state index in [0.29, 0.717) is 11.3 Å². The summed E-state index contributed by atoms with van der Waals surface area (Å²) in [6.45, 7) is 0. The molecular weight excluding hydrogens is 379 g/mol. The summed E-state index contributed by atoms with van der Waals surface area (Å²) in [6.07, 6.45) is -3.75. The van der Waals surface area contributed by atoms with E-state index in [9.17, 15) is 13.2 Å². The van der Waals surface area contributed by atoms with E-state index in [2.05, 4.69) is 20.9 Å². The predicted molar refractivity (Wildman–Crippen MR) is 85.2 cm³/mol. The fourth-order valence-corrected chi connectivity index (χ4v) is 3.37. The van der Waals surface area contributed by atoms with E-state index in [1.807, 2.05) is 0 Å². The van der Waals surface area contributed by atoms with Crippen molar-refractivity contribution in [2.24, 2.45) is 4.99 Å². The molecule has 1 aliphatic heterocycles. The topological polar surface area (TPSA) is 12.4 Å². The van der Waals surface area contributed by atoms with Gasteiger partial charge in [-0.3, -0.25) is 4.99 Å². The molecule has 0 unspecified atom stereocenters. The van der Waals surface area contributed by atoms with Gasteiger partial charge >= 0.3 is 6.18 Å². The van der Waals surface area contributed by atoms with Gasteiger partial charge in [0.2, 0.25) is 0 Å². The van der Waals surface area contributed by atoms with E-state index < -0.39 is 11.6 Å². The van der Waals surface area contributed by atoms with Gasteiger partial charge in [-0.25, -0.2) is 0 Å². The van der Waals surface area contributed by atoms with Crippen molar-refractivity contribution in [3.8, 4) is 0 Å². The summed E-state index contributed by atoms with van der Waals surface area (Å²) in [6, 6.07) is 11.2. The Morgan fingerprint density at radius 3 is 2.55 bits per heavy atom. The minimum absolute atomic E-state index is 0.0264. The molecule has 1 heterocycles. The van der Waals surface area contributed by atoms with Gasteiger partial charge in [0.1, 0.15) is 5.41 Å². The monoisotopic (exact) mass is 387 g/mol. The second kappa shape index (κ2) is 5.39. The van der Waals surface area contributed by atoms with Gasteiger partial charge in [-0.1, -0.05) is 45.7 Å². The van der Waals surface area contributed by atoms with Gasteiger partial charge in [-0.2, -0.15) is 13.2 Å². The van der Waals surface area contributed by atoms with E-state index in [-0.39, 0.29) is 17.0 Å². The molecule has 0 amide bonds. The molecule has 114 valence electrons. The van der Waals surface area contributed by atoms with Crippen LogP contribution in [-0.2, 0) is 11.8 Å². The smallest absolute Gasteiger partial charge is 0.260 e. The second-order valence-electron chi connectivity index (χ2n) is 5.16. The summed E-state index contributed by atoms with van der Waals surface area (Å²) >= 11 is 9.33. The van der Waals surface area contributed by atoms with Crippen LogP contribution >= 0.6 is 27.5 Å². The van der Waals surface area contributed by atoms with E-state index in [0.717, 1.165) is 10.7 Å². The number of rotatable bonds is 1. The van der Waals surface area contributed by atoms with Gasteiger partial charge in [0, 0.05) is 15.7 Å². The fourth-order valence-electron chi connectivity index (χ4n) is 2.66. The van der Waals surface area contributed by atoms with Crippen LogP contribution in [-0.4, -0.2) is 12.4 Å². The molecule has 3 rings (SSSR count). The van der Waals surface area contributed by atoms with Crippen molar-refractivity contribution in [2.75, 3.05) is 0 Å². The molecule has 0 aromatic heterocycles. The first-order valence-corrected chi connectivity index (χ1v) is 7.66. The van der Waals surface area contributed by atoms with Crippen molar-refractivity contribution in [3.63, 3.8) is 0 Å². The van der Waals surface area contributed by atoms with Crippen molar-refractivity contribution >= 4 is 39.4 Å². The van der Waals surface area contributed by atoms with E-state index >= 15 is 0 Å². The summed E-state index contributed by atoms with van der Waals surface area (Å²) < 4.78 is 42.4. The van der Waals surface area contributed by atoms with Gasteiger partial charge in [-0.15, -0.1) is 0 Å². The van der Waals surface area contributed by atoms with Crippen LogP contribution in [0.4, 0.5) is 18.9 Å². The second-order valence-corrected chi connectivity index (χ2v) is 6.48. The third kappa shape index (κ3) is 2.46. The first-order chi connectivity index (χ1) is 10.3. The normalized spacial score (nSPS) is 20.8.